The molecule has 0 radical (unpaired) electrons. The topological polar surface area (TPSA) is 46.3 Å². The van der Waals surface area contributed by atoms with Crippen molar-refractivity contribution in [3.05, 3.63) is 18.0 Å². The van der Waals surface area contributed by atoms with Crippen molar-refractivity contribution in [1.82, 2.24) is 5.16 Å². The number of rotatable bonds is 1. The summed E-state index contributed by atoms with van der Waals surface area (Å²) < 4.78 is 39.2. The van der Waals surface area contributed by atoms with E-state index < -0.39 is 18.0 Å². The maximum Gasteiger partial charge on any atom is 0.420 e. The van der Waals surface area contributed by atoms with E-state index >= 15 is 0 Å². The number of hydrogen-bond acceptors (Lipinski definition) is 3. The van der Waals surface area contributed by atoms with Crippen LogP contribution in [0.5, 0.6) is 0 Å². The quantitative estimate of drug-likeness (QED) is 0.685. The second-order valence-electron chi connectivity index (χ2n) is 1.87. The van der Waals surface area contributed by atoms with Crippen molar-refractivity contribution in [2.45, 2.75) is 12.3 Å². The van der Waals surface area contributed by atoms with Crippen LogP contribution in [-0.4, -0.2) is 16.4 Å². The number of aromatic nitrogens is 1. The van der Waals surface area contributed by atoms with Gasteiger partial charge in [-0.15, -0.1) is 0 Å². The van der Waals surface area contributed by atoms with Crippen LogP contribution in [0.4, 0.5) is 13.2 Å². The van der Waals surface area contributed by atoms with Gasteiger partial charge in [0.1, 0.15) is 12.0 Å². The highest BCUT2D eigenvalue weighted by Crippen LogP contribution is 2.30. The molecular weight excluding hydrogens is 163 g/mol. The fourth-order valence-corrected chi connectivity index (χ4v) is 0.531. The van der Waals surface area contributed by atoms with Gasteiger partial charge >= 0.3 is 6.18 Å². The summed E-state index contributed by atoms with van der Waals surface area (Å²) in [6.07, 6.45) is -6.28. The molecule has 0 aliphatic rings. The van der Waals surface area contributed by atoms with Gasteiger partial charge in [0.25, 0.3) is 0 Å². The van der Waals surface area contributed by atoms with Gasteiger partial charge in [-0.1, -0.05) is 5.16 Å². The lowest BCUT2D eigenvalue weighted by Gasteiger charge is -2.10. The highest BCUT2D eigenvalue weighted by molar-refractivity contribution is 5.01. The monoisotopic (exact) mass is 167 g/mol. The molecule has 0 aliphatic heterocycles. The van der Waals surface area contributed by atoms with Crippen LogP contribution < -0.4 is 0 Å². The lowest BCUT2D eigenvalue weighted by Crippen LogP contribution is -2.20. The summed E-state index contributed by atoms with van der Waals surface area (Å²) in [6, 6.07) is 0.957. The molecule has 0 aliphatic carbocycles. The first kappa shape index (κ1) is 8.06. The van der Waals surface area contributed by atoms with Gasteiger partial charge in [-0.2, -0.15) is 13.2 Å². The standard InChI is InChI=1S/C5H4F3NO2/c6-5(7,8)4(10)3-1-2-11-9-3/h1-2,4,10H. The number of alkyl halides is 3. The van der Waals surface area contributed by atoms with E-state index in [1.54, 1.807) is 0 Å². The average molecular weight is 167 g/mol. The molecule has 0 saturated carbocycles. The molecule has 1 rings (SSSR count). The SMILES string of the molecule is OC(c1ccon1)C(F)(F)F. The Morgan fingerprint density at radius 3 is 2.55 bits per heavy atom. The third-order valence-electron chi connectivity index (χ3n) is 1.05. The van der Waals surface area contributed by atoms with E-state index in [1.807, 2.05) is 0 Å². The number of halogens is 3. The summed E-state index contributed by atoms with van der Waals surface area (Å²) in [5.41, 5.74) is -0.530. The van der Waals surface area contributed by atoms with E-state index in [1.165, 1.54) is 0 Å². The highest BCUT2D eigenvalue weighted by Gasteiger charge is 2.40. The molecule has 1 aromatic rings. The molecule has 3 nitrogen and oxygen atoms in total. The van der Waals surface area contributed by atoms with Crippen LogP contribution >= 0.6 is 0 Å². The minimum absolute atomic E-state index is 0.530. The minimum Gasteiger partial charge on any atom is -0.378 e. The van der Waals surface area contributed by atoms with E-state index in [9.17, 15) is 13.2 Å². The molecule has 1 aromatic heterocycles. The van der Waals surface area contributed by atoms with Crippen LogP contribution in [0, 0.1) is 0 Å². The molecule has 0 amide bonds. The molecule has 0 aromatic carbocycles. The number of hydrogen-bond donors (Lipinski definition) is 1. The minimum atomic E-state index is -4.68. The highest BCUT2D eigenvalue weighted by atomic mass is 19.4. The predicted molar refractivity (Wildman–Crippen MR) is 27.5 cm³/mol. The Morgan fingerprint density at radius 1 is 1.55 bits per heavy atom. The first-order valence-electron chi connectivity index (χ1n) is 2.67. The van der Waals surface area contributed by atoms with E-state index in [4.69, 9.17) is 5.11 Å². The predicted octanol–water partition coefficient (Wildman–Crippen LogP) is 1.27. The Kier molecular flexibility index (Phi) is 1.86. The fraction of sp³-hybridized carbons (Fsp3) is 0.400. The summed E-state index contributed by atoms with van der Waals surface area (Å²) in [7, 11) is 0. The zero-order chi connectivity index (χ0) is 8.48. The van der Waals surface area contributed by atoms with Crippen molar-refractivity contribution in [2.24, 2.45) is 0 Å². The Labute approximate surface area is 59.4 Å². The summed E-state index contributed by atoms with van der Waals surface area (Å²) >= 11 is 0. The molecule has 1 N–H and O–H groups in total. The first-order valence-corrected chi connectivity index (χ1v) is 2.67. The van der Waals surface area contributed by atoms with Crippen molar-refractivity contribution < 1.29 is 22.8 Å². The number of nitrogens with zero attached hydrogens (tertiary/aromatic N) is 1. The Balaban J connectivity index is 2.78. The van der Waals surface area contributed by atoms with Gasteiger partial charge in [0.2, 0.25) is 0 Å². The lowest BCUT2D eigenvalue weighted by molar-refractivity contribution is -0.208. The lowest BCUT2D eigenvalue weighted by atomic mass is 10.2. The maximum atomic E-state index is 11.7. The smallest absolute Gasteiger partial charge is 0.378 e. The average Bonchev–Trinajstić information content (AvgIpc) is 2.34. The summed E-state index contributed by atoms with van der Waals surface area (Å²) in [4.78, 5) is 0. The van der Waals surface area contributed by atoms with Gasteiger partial charge in [-0.05, 0) is 0 Å². The molecule has 1 atom stereocenters. The molecule has 6 heteroatoms. The molecule has 0 spiro atoms. The van der Waals surface area contributed by atoms with E-state index in [-0.39, 0.29) is 0 Å². The molecule has 1 heterocycles. The third kappa shape index (κ3) is 1.70. The van der Waals surface area contributed by atoms with E-state index in [2.05, 4.69) is 9.68 Å². The van der Waals surface area contributed by atoms with Gasteiger partial charge in [0.05, 0.1) is 0 Å². The van der Waals surface area contributed by atoms with Crippen LogP contribution in [0.25, 0.3) is 0 Å². The molecule has 11 heavy (non-hydrogen) atoms. The van der Waals surface area contributed by atoms with Crippen LogP contribution in [0.1, 0.15) is 11.8 Å². The number of aliphatic hydroxyl groups excluding tert-OH is 1. The van der Waals surface area contributed by atoms with Crippen LogP contribution in [0.15, 0.2) is 16.9 Å². The van der Waals surface area contributed by atoms with Gasteiger partial charge < -0.3 is 9.63 Å². The van der Waals surface area contributed by atoms with Gasteiger partial charge in [-0.3, -0.25) is 0 Å². The van der Waals surface area contributed by atoms with Crippen molar-refractivity contribution in [3.8, 4) is 0 Å². The van der Waals surface area contributed by atoms with Crippen LogP contribution in [0.2, 0.25) is 0 Å². The van der Waals surface area contributed by atoms with Crippen molar-refractivity contribution >= 4 is 0 Å². The second-order valence-corrected chi connectivity index (χ2v) is 1.87. The first-order chi connectivity index (χ1) is 5.02. The van der Waals surface area contributed by atoms with Crippen molar-refractivity contribution in [2.75, 3.05) is 0 Å². The fourth-order valence-electron chi connectivity index (χ4n) is 0.531. The third-order valence-corrected chi connectivity index (χ3v) is 1.05. The zero-order valence-corrected chi connectivity index (χ0v) is 5.17. The molecule has 0 fully saturated rings. The van der Waals surface area contributed by atoms with Crippen molar-refractivity contribution in [3.63, 3.8) is 0 Å². The number of aliphatic hydroxyl groups is 1. The van der Waals surface area contributed by atoms with Crippen LogP contribution in [-0.2, 0) is 0 Å². The molecule has 1 unspecified atom stereocenters. The van der Waals surface area contributed by atoms with Crippen LogP contribution in [0.3, 0.4) is 0 Å². The summed E-state index contributed by atoms with van der Waals surface area (Å²) in [5, 5.41) is 11.4. The Bertz CT molecular complexity index is 218. The molecular formula is C5H4F3NO2. The van der Waals surface area contributed by atoms with Gasteiger partial charge in [-0.25, -0.2) is 0 Å². The summed E-state index contributed by atoms with van der Waals surface area (Å²) in [6.45, 7) is 0. The normalized spacial score (nSPS) is 14.9. The molecule has 0 saturated heterocycles. The van der Waals surface area contributed by atoms with E-state index in [0.29, 0.717) is 0 Å². The molecule has 62 valence electrons. The Hall–Kier alpha value is -1.04. The summed E-state index contributed by atoms with van der Waals surface area (Å²) in [5.74, 6) is 0. The van der Waals surface area contributed by atoms with E-state index in [0.717, 1.165) is 12.3 Å². The largest absolute Gasteiger partial charge is 0.420 e. The zero-order valence-electron chi connectivity index (χ0n) is 5.17. The van der Waals surface area contributed by atoms with Crippen molar-refractivity contribution in [1.29, 1.82) is 0 Å². The van der Waals surface area contributed by atoms with Gasteiger partial charge in [0.15, 0.2) is 6.10 Å². The molecule has 0 bridgehead atoms. The second kappa shape index (κ2) is 2.54. The Morgan fingerprint density at radius 2 is 2.18 bits per heavy atom. The van der Waals surface area contributed by atoms with Gasteiger partial charge in [0, 0.05) is 6.07 Å². The maximum absolute atomic E-state index is 11.7.